The van der Waals surface area contributed by atoms with Gasteiger partial charge in [0.1, 0.15) is 4.88 Å². The summed E-state index contributed by atoms with van der Waals surface area (Å²) >= 11 is 1.31. The van der Waals surface area contributed by atoms with Crippen LogP contribution in [0.5, 0.6) is 0 Å². The first-order valence-electron chi connectivity index (χ1n) is 3.36. The van der Waals surface area contributed by atoms with Crippen LogP contribution < -0.4 is 4.90 Å². The van der Waals surface area contributed by atoms with Crippen molar-refractivity contribution in [2.24, 2.45) is 0 Å². The minimum absolute atomic E-state index is 0.333. The highest BCUT2D eigenvalue weighted by molar-refractivity contribution is 7.17. The first-order valence-corrected chi connectivity index (χ1v) is 4.18. The molecule has 0 aromatic carbocycles. The second-order valence-electron chi connectivity index (χ2n) is 2.39. The minimum atomic E-state index is -0.333. The van der Waals surface area contributed by atoms with E-state index in [0.717, 1.165) is 5.13 Å². The third kappa shape index (κ3) is 1.73. The molecule has 0 spiro atoms. The van der Waals surface area contributed by atoms with Gasteiger partial charge in [0.2, 0.25) is 0 Å². The summed E-state index contributed by atoms with van der Waals surface area (Å²) in [5.41, 5.74) is 0. The van der Waals surface area contributed by atoms with Crippen molar-refractivity contribution in [3.8, 4) is 0 Å². The number of carbonyl (C=O) groups excluding carboxylic acids is 1. The molecule has 0 aliphatic carbocycles. The van der Waals surface area contributed by atoms with Gasteiger partial charge in [0.25, 0.3) is 0 Å². The van der Waals surface area contributed by atoms with Crippen LogP contribution in [0.15, 0.2) is 6.20 Å². The highest BCUT2D eigenvalue weighted by atomic mass is 32.1. The van der Waals surface area contributed by atoms with Crippen molar-refractivity contribution in [3.63, 3.8) is 0 Å². The summed E-state index contributed by atoms with van der Waals surface area (Å²) < 4.78 is 4.54. The summed E-state index contributed by atoms with van der Waals surface area (Å²) in [6.45, 7) is 0. The third-order valence-corrected chi connectivity index (χ3v) is 2.41. The van der Waals surface area contributed by atoms with Gasteiger partial charge in [-0.15, -0.1) is 0 Å². The molecule has 12 heavy (non-hydrogen) atoms. The predicted molar refractivity (Wildman–Crippen MR) is 47.8 cm³/mol. The van der Waals surface area contributed by atoms with E-state index in [2.05, 4.69) is 9.72 Å². The van der Waals surface area contributed by atoms with Gasteiger partial charge in [-0.1, -0.05) is 11.3 Å². The Morgan fingerprint density at radius 1 is 1.67 bits per heavy atom. The van der Waals surface area contributed by atoms with Crippen LogP contribution in [0.25, 0.3) is 0 Å². The first-order chi connectivity index (χ1) is 5.65. The summed E-state index contributed by atoms with van der Waals surface area (Å²) in [7, 11) is 5.11. The fourth-order valence-electron chi connectivity index (χ4n) is 0.667. The Hall–Kier alpha value is -1.10. The molecule has 0 saturated carbocycles. The number of hydrogen-bond donors (Lipinski definition) is 0. The third-order valence-electron chi connectivity index (χ3n) is 1.26. The Balaban J connectivity index is 2.84. The van der Waals surface area contributed by atoms with Crippen molar-refractivity contribution in [3.05, 3.63) is 11.1 Å². The van der Waals surface area contributed by atoms with E-state index in [1.807, 2.05) is 19.0 Å². The lowest BCUT2D eigenvalue weighted by molar-refractivity contribution is 0.0606. The van der Waals surface area contributed by atoms with Gasteiger partial charge < -0.3 is 9.64 Å². The number of anilines is 1. The minimum Gasteiger partial charge on any atom is -0.465 e. The Morgan fingerprint density at radius 2 is 2.33 bits per heavy atom. The Bertz CT molecular complexity index is 283. The summed E-state index contributed by atoms with van der Waals surface area (Å²) in [4.78, 5) is 17.4. The van der Waals surface area contributed by atoms with Crippen molar-refractivity contribution >= 4 is 22.4 Å². The lowest BCUT2D eigenvalue weighted by Crippen LogP contribution is -2.07. The number of rotatable bonds is 2. The molecule has 1 heterocycles. The van der Waals surface area contributed by atoms with Crippen LogP contribution in [0, 0.1) is 0 Å². The lowest BCUT2D eigenvalue weighted by Gasteiger charge is -2.04. The standard InChI is InChI=1S/C7H10N2O2S/c1-9(2)7-8-4-5(12-7)6(10)11-3/h4H,1-3H3. The molecule has 0 aliphatic rings. The monoisotopic (exact) mass is 186 g/mol. The average Bonchev–Trinajstić information content (AvgIpc) is 2.51. The molecule has 1 aromatic rings. The molecular formula is C7H10N2O2S. The number of aromatic nitrogens is 1. The molecule has 5 heteroatoms. The summed E-state index contributed by atoms with van der Waals surface area (Å²) in [5.74, 6) is -0.333. The Morgan fingerprint density at radius 3 is 2.75 bits per heavy atom. The zero-order valence-corrected chi connectivity index (χ0v) is 8.01. The van der Waals surface area contributed by atoms with Crippen LogP contribution in [-0.2, 0) is 4.74 Å². The van der Waals surface area contributed by atoms with Gasteiger partial charge in [-0.05, 0) is 0 Å². The van der Waals surface area contributed by atoms with E-state index in [9.17, 15) is 4.79 Å². The molecule has 0 saturated heterocycles. The number of carbonyl (C=O) groups is 1. The van der Waals surface area contributed by atoms with Gasteiger partial charge in [-0.25, -0.2) is 9.78 Å². The molecular weight excluding hydrogens is 176 g/mol. The summed E-state index contributed by atoms with van der Waals surface area (Å²) in [6, 6.07) is 0. The fraction of sp³-hybridized carbons (Fsp3) is 0.429. The van der Waals surface area contributed by atoms with Crippen LogP contribution in [0.4, 0.5) is 5.13 Å². The van der Waals surface area contributed by atoms with Crippen LogP contribution in [0.1, 0.15) is 9.67 Å². The number of methoxy groups -OCH3 is 1. The van der Waals surface area contributed by atoms with Gasteiger partial charge in [-0.3, -0.25) is 0 Å². The normalized spacial score (nSPS) is 9.58. The Labute approximate surface area is 74.8 Å². The molecule has 1 rings (SSSR count). The van der Waals surface area contributed by atoms with E-state index in [0.29, 0.717) is 4.88 Å². The number of nitrogens with zero attached hydrogens (tertiary/aromatic N) is 2. The van der Waals surface area contributed by atoms with Crippen molar-refractivity contribution in [2.75, 3.05) is 26.1 Å². The van der Waals surface area contributed by atoms with E-state index in [1.54, 1.807) is 0 Å². The van der Waals surface area contributed by atoms with Gasteiger partial charge in [0.15, 0.2) is 5.13 Å². The smallest absolute Gasteiger partial charge is 0.349 e. The number of hydrogen-bond acceptors (Lipinski definition) is 5. The predicted octanol–water partition coefficient (Wildman–Crippen LogP) is 0.996. The topological polar surface area (TPSA) is 42.4 Å². The second kappa shape index (κ2) is 3.53. The summed E-state index contributed by atoms with van der Waals surface area (Å²) in [5, 5.41) is 0.801. The molecule has 0 bridgehead atoms. The summed E-state index contributed by atoms with van der Waals surface area (Å²) in [6.07, 6.45) is 1.52. The van der Waals surface area contributed by atoms with Crippen LogP contribution in [0.2, 0.25) is 0 Å². The molecule has 0 unspecified atom stereocenters. The molecule has 0 atom stereocenters. The van der Waals surface area contributed by atoms with Gasteiger partial charge in [-0.2, -0.15) is 0 Å². The van der Waals surface area contributed by atoms with Crippen molar-refractivity contribution in [1.82, 2.24) is 4.98 Å². The zero-order valence-electron chi connectivity index (χ0n) is 7.20. The number of thiazole rings is 1. The van der Waals surface area contributed by atoms with Gasteiger partial charge in [0, 0.05) is 14.1 Å². The molecule has 0 amide bonds. The largest absolute Gasteiger partial charge is 0.465 e. The Kier molecular flexibility index (Phi) is 2.65. The van der Waals surface area contributed by atoms with E-state index in [1.165, 1.54) is 24.6 Å². The molecule has 66 valence electrons. The SMILES string of the molecule is COC(=O)c1cnc(N(C)C)s1. The number of ether oxygens (including phenoxy) is 1. The van der Waals surface area contributed by atoms with E-state index >= 15 is 0 Å². The van der Waals surface area contributed by atoms with E-state index in [4.69, 9.17) is 0 Å². The maximum absolute atomic E-state index is 11.0. The quantitative estimate of drug-likeness (QED) is 0.646. The van der Waals surface area contributed by atoms with Crippen molar-refractivity contribution < 1.29 is 9.53 Å². The highest BCUT2D eigenvalue weighted by Crippen LogP contribution is 2.20. The molecule has 0 radical (unpaired) electrons. The average molecular weight is 186 g/mol. The lowest BCUT2D eigenvalue weighted by atomic mass is 10.6. The molecule has 0 aliphatic heterocycles. The molecule has 4 nitrogen and oxygen atoms in total. The van der Waals surface area contributed by atoms with Crippen molar-refractivity contribution in [1.29, 1.82) is 0 Å². The van der Waals surface area contributed by atoms with Crippen LogP contribution in [-0.4, -0.2) is 32.2 Å². The second-order valence-corrected chi connectivity index (χ2v) is 3.40. The maximum atomic E-state index is 11.0. The van der Waals surface area contributed by atoms with E-state index in [-0.39, 0.29) is 5.97 Å². The van der Waals surface area contributed by atoms with Crippen LogP contribution >= 0.6 is 11.3 Å². The van der Waals surface area contributed by atoms with E-state index < -0.39 is 0 Å². The number of esters is 1. The van der Waals surface area contributed by atoms with Gasteiger partial charge in [0.05, 0.1) is 13.3 Å². The van der Waals surface area contributed by atoms with Crippen molar-refractivity contribution in [2.45, 2.75) is 0 Å². The molecule has 0 fully saturated rings. The molecule has 0 N–H and O–H groups in total. The van der Waals surface area contributed by atoms with Gasteiger partial charge >= 0.3 is 5.97 Å². The molecule has 1 aromatic heterocycles. The van der Waals surface area contributed by atoms with Crippen LogP contribution in [0.3, 0.4) is 0 Å². The maximum Gasteiger partial charge on any atom is 0.349 e. The fourth-order valence-corrected chi connectivity index (χ4v) is 1.42. The zero-order chi connectivity index (χ0) is 9.14. The highest BCUT2D eigenvalue weighted by Gasteiger charge is 2.10. The first kappa shape index (κ1) is 8.99.